The Bertz CT molecular complexity index is 2540. The highest BCUT2D eigenvalue weighted by Gasteiger charge is 2.91. The molecule has 1 aliphatic carbocycles. The first kappa shape index (κ1) is 32.8. The van der Waals surface area contributed by atoms with Crippen molar-refractivity contribution in [2.45, 2.75) is 80.5 Å². The highest BCUT2D eigenvalue weighted by Crippen LogP contribution is 2.77. The summed E-state index contributed by atoms with van der Waals surface area (Å²) in [4.78, 5) is 60.7. The molecule has 0 aromatic heterocycles. The number of carbonyl (C=O) groups is 4. The number of anilines is 1. The van der Waals surface area contributed by atoms with E-state index in [2.05, 4.69) is 0 Å². The van der Waals surface area contributed by atoms with Crippen molar-refractivity contribution in [3.8, 4) is 0 Å². The average molecular weight is 804 g/mol. The van der Waals surface area contributed by atoms with Gasteiger partial charge in [-0.3, -0.25) is 24.1 Å². The van der Waals surface area contributed by atoms with E-state index in [-0.39, 0.29) is 35.5 Å². The van der Waals surface area contributed by atoms with Crippen molar-refractivity contribution in [1.82, 2.24) is 19.6 Å². The molecule has 4 amide bonds. The number of piperazine rings is 2. The maximum absolute atomic E-state index is 15.3. The van der Waals surface area contributed by atoms with Crippen molar-refractivity contribution in [3.05, 3.63) is 95.6 Å². The van der Waals surface area contributed by atoms with Gasteiger partial charge in [-0.1, -0.05) is 79.6 Å². The Morgan fingerprint density at radius 2 is 1.17 bits per heavy atom. The number of hydrogen-bond donors (Lipinski definition) is 0. The largest absolute Gasteiger partial charge is 0.320 e. The van der Waals surface area contributed by atoms with E-state index in [0.29, 0.717) is 17.7 Å². The van der Waals surface area contributed by atoms with Crippen molar-refractivity contribution in [2.75, 3.05) is 18.4 Å². The van der Waals surface area contributed by atoms with E-state index >= 15 is 13.2 Å². The number of nitrogens with zero attached hydrogens (tertiary/aromatic N) is 5. The molecular formula is C37H33N5O6S5. The molecule has 272 valence electrons. The summed E-state index contributed by atoms with van der Waals surface area (Å²) in [5, 5.41) is 0. The zero-order valence-electron chi connectivity index (χ0n) is 29.0. The summed E-state index contributed by atoms with van der Waals surface area (Å²) in [6, 6.07) is 22.7. The molecule has 0 N–H and O–H groups in total. The van der Waals surface area contributed by atoms with E-state index in [4.69, 9.17) is 22.4 Å². The number of carbonyl (C=O) groups excluding carboxylic acids is 4. The molecule has 4 bridgehead atoms. The lowest BCUT2D eigenvalue weighted by atomic mass is 9.53. The van der Waals surface area contributed by atoms with E-state index in [1.807, 2.05) is 36.4 Å². The van der Waals surface area contributed by atoms with Crippen LogP contribution in [0.4, 0.5) is 5.69 Å². The number of sulfonamides is 1. The molecule has 10 atom stereocenters. The molecule has 16 heteroatoms. The van der Waals surface area contributed by atoms with E-state index < -0.39 is 77.4 Å². The predicted octanol–water partition coefficient (Wildman–Crippen LogP) is 1.74. The van der Waals surface area contributed by atoms with Gasteiger partial charge in [-0.15, -0.1) is 0 Å². The van der Waals surface area contributed by atoms with Crippen LogP contribution in [0.2, 0.25) is 0 Å². The number of rotatable bonds is 3. The molecular weight excluding hydrogens is 771 g/mol. The SMILES string of the molecule is CN1C(=O)[C@@]23C[C@]4([C@]56C[C@]78C(=O)N(C)[C@](C)(C(=O)N7[C@H]5N(S(=O)(=O)c5ccccc5)c5ccccc56)S8=S)c5ccccc5C[C@@H]4N2C(=O)[C@]1(C)S3=S. The van der Waals surface area contributed by atoms with Gasteiger partial charge in [-0.05, 0) is 77.5 Å². The van der Waals surface area contributed by atoms with Crippen LogP contribution in [0, 0.1) is 0 Å². The van der Waals surface area contributed by atoms with Gasteiger partial charge < -0.3 is 14.7 Å². The number of likely N-dealkylation sites (N-methyl/N-ethyl adjacent to an activating group) is 2. The van der Waals surface area contributed by atoms with Crippen LogP contribution in [0.1, 0.15) is 43.4 Å². The summed E-state index contributed by atoms with van der Waals surface area (Å²) in [5.41, 5.74) is 0.390. The second kappa shape index (κ2) is 9.27. The summed E-state index contributed by atoms with van der Waals surface area (Å²) in [5.74, 6) is -1.16. The zero-order valence-corrected chi connectivity index (χ0v) is 33.1. The maximum Gasteiger partial charge on any atom is 0.266 e. The lowest BCUT2D eigenvalue weighted by Crippen LogP contribution is -2.67. The molecule has 7 aliphatic heterocycles. The van der Waals surface area contributed by atoms with Crippen LogP contribution < -0.4 is 4.31 Å². The molecule has 6 saturated heterocycles. The Kier molecular flexibility index (Phi) is 5.74. The first-order valence-corrected chi connectivity index (χ1v) is 23.2. The van der Waals surface area contributed by atoms with E-state index in [0.717, 1.165) is 11.1 Å². The van der Waals surface area contributed by atoms with Gasteiger partial charge in [-0.2, -0.15) is 0 Å². The van der Waals surface area contributed by atoms with Crippen molar-refractivity contribution in [3.63, 3.8) is 0 Å². The van der Waals surface area contributed by atoms with Crippen LogP contribution in [0.3, 0.4) is 0 Å². The minimum absolute atomic E-state index is 0.0229. The monoisotopic (exact) mass is 803 g/mol. The fraction of sp³-hybridized carbons (Fsp3) is 0.405. The van der Waals surface area contributed by atoms with Crippen LogP contribution in [-0.4, -0.2) is 97.4 Å². The van der Waals surface area contributed by atoms with E-state index in [1.165, 1.54) is 26.2 Å². The number of amides is 4. The van der Waals surface area contributed by atoms with Gasteiger partial charge in [0, 0.05) is 38.4 Å². The van der Waals surface area contributed by atoms with Crippen molar-refractivity contribution in [2.24, 2.45) is 0 Å². The fourth-order valence-corrected chi connectivity index (χ4v) is 20.6. The Hall–Kier alpha value is -3.57. The minimum atomic E-state index is -4.41. The molecule has 0 radical (unpaired) electrons. The summed E-state index contributed by atoms with van der Waals surface area (Å²) < 4.78 is 32.0. The van der Waals surface area contributed by atoms with Gasteiger partial charge in [0.1, 0.15) is 6.17 Å². The average Bonchev–Trinajstić information content (AvgIpc) is 3.95. The Morgan fingerprint density at radius 1 is 0.660 bits per heavy atom. The first-order chi connectivity index (χ1) is 25.1. The quantitative estimate of drug-likeness (QED) is 0.394. The van der Waals surface area contributed by atoms with Crippen molar-refractivity contribution >= 4 is 80.6 Å². The van der Waals surface area contributed by atoms with Gasteiger partial charge in [0.05, 0.1) is 16.0 Å². The Labute approximate surface area is 320 Å². The maximum atomic E-state index is 15.3. The van der Waals surface area contributed by atoms with Crippen LogP contribution >= 0.6 is 0 Å². The third-order valence-corrected chi connectivity index (χ3v) is 24.3. The molecule has 11 nitrogen and oxygen atoms in total. The van der Waals surface area contributed by atoms with Crippen molar-refractivity contribution in [1.29, 1.82) is 0 Å². The standard InChI is InChI=1S/C37H33N5O6S5/c1-32-28(43)40-26-18-21-12-8-9-15-23(21)34(26,19-36(40,51(32)49)30(45)38(32)3)35-20-37-31(46)39(4)33(2,52(37)50)29(44)41(37)27(35)42(25-17-11-10-16-24(25)35)53(47,48)22-13-6-5-7-14-22/h5-17,26-27H,18-20H2,1-4H3/t26-,27-,32-,33-,34-,35-,36-,37-,51?,52?/m0/s1. The number of para-hydroxylation sites is 1. The molecule has 3 aromatic carbocycles. The zero-order chi connectivity index (χ0) is 37.2. The molecule has 11 rings (SSSR count). The number of hydrogen-bond acceptors (Lipinski definition) is 8. The van der Waals surface area contributed by atoms with Crippen LogP contribution in [0.25, 0.3) is 0 Å². The van der Waals surface area contributed by atoms with Gasteiger partial charge in [0.15, 0.2) is 19.5 Å². The van der Waals surface area contributed by atoms with Gasteiger partial charge in [-0.25, -0.2) is 12.7 Å². The summed E-state index contributed by atoms with van der Waals surface area (Å²) in [7, 11) is -3.64. The van der Waals surface area contributed by atoms with Crippen LogP contribution in [0.15, 0.2) is 83.8 Å². The second-order valence-corrected chi connectivity index (χ2v) is 23.7. The minimum Gasteiger partial charge on any atom is -0.320 e. The molecule has 0 saturated carbocycles. The van der Waals surface area contributed by atoms with Gasteiger partial charge in [0.2, 0.25) is 0 Å². The molecule has 7 heterocycles. The van der Waals surface area contributed by atoms with Crippen molar-refractivity contribution < 1.29 is 27.6 Å². The number of fused-ring (bicyclic) bond motifs is 11. The third-order valence-electron chi connectivity index (χ3n) is 14.4. The molecule has 2 spiro atoms. The fourth-order valence-electron chi connectivity index (χ4n) is 12.0. The molecule has 3 aromatic rings. The van der Waals surface area contributed by atoms with Gasteiger partial charge in [0.25, 0.3) is 33.7 Å². The van der Waals surface area contributed by atoms with Crippen LogP contribution in [0.5, 0.6) is 0 Å². The molecule has 53 heavy (non-hydrogen) atoms. The Morgan fingerprint density at radius 3 is 1.81 bits per heavy atom. The summed E-state index contributed by atoms with van der Waals surface area (Å²) >= 11 is 12.6. The summed E-state index contributed by atoms with van der Waals surface area (Å²) in [6.45, 7) is 3.46. The highest BCUT2D eigenvalue weighted by molar-refractivity contribution is 8.32. The predicted molar refractivity (Wildman–Crippen MR) is 204 cm³/mol. The topological polar surface area (TPSA) is 119 Å². The lowest BCUT2D eigenvalue weighted by molar-refractivity contribution is -0.159. The molecule has 8 aliphatic rings. The Balaban J connectivity index is 1.29. The third kappa shape index (κ3) is 2.85. The van der Waals surface area contributed by atoms with Gasteiger partial charge >= 0.3 is 0 Å². The normalized spacial score (nSPS) is 42.5. The first-order valence-electron chi connectivity index (χ1n) is 17.4. The highest BCUT2D eigenvalue weighted by atomic mass is 32.8. The smallest absolute Gasteiger partial charge is 0.266 e. The second-order valence-electron chi connectivity index (χ2n) is 15.8. The molecule has 6 fully saturated rings. The summed E-state index contributed by atoms with van der Waals surface area (Å²) in [6.07, 6.45) is -0.706. The van der Waals surface area contributed by atoms with Crippen LogP contribution in [-0.2, 0) is 87.7 Å². The molecule has 2 unspecified atom stereocenters. The van der Waals surface area contributed by atoms with E-state index in [1.54, 1.807) is 68.1 Å². The van der Waals surface area contributed by atoms with E-state index in [9.17, 15) is 14.4 Å². The lowest BCUT2D eigenvalue weighted by Gasteiger charge is -2.50. The number of benzene rings is 3.